The van der Waals surface area contributed by atoms with Crippen molar-refractivity contribution in [2.75, 3.05) is 51.9 Å². The molecule has 1 heterocycles. The number of para-hydroxylation sites is 1. The van der Waals surface area contributed by atoms with Crippen molar-refractivity contribution in [1.82, 2.24) is 4.90 Å². The Morgan fingerprint density at radius 1 is 1.18 bits per heavy atom. The molecule has 28 heavy (non-hydrogen) atoms. The smallest absolute Gasteiger partial charge is 0.255 e. The number of nitrogens with zero attached hydrogens (tertiary/aromatic N) is 1. The molecule has 0 atom stereocenters. The summed E-state index contributed by atoms with van der Waals surface area (Å²) in [6.07, 6.45) is 0. The zero-order valence-electron chi connectivity index (χ0n) is 15.9. The van der Waals surface area contributed by atoms with Crippen LogP contribution in [0, 0.1) is 0 Å². The molecule has 0 radical (unpaired) electrons. The summed E-state index contributed by atoms with van der Waals surface area (Å²) >= 11 is 6.24. The molecule has 1 amide bonds. The van der Waals surface area contributed by atoms with Crippen molar-refractivity contribution in [3.63, 3.8) is 0 Å². The van der Waals surface area contributed by atoms with E-state index >= 15 is 0 Å². The van der Waals surface area contributed by atoms with Gasteiger partial charge >= 0.3 is 0 Å². The van der Waals surface area contributed by atoms with Crippen LogP contribution in [0.4, 0.5) is 5.69 Å². The molecule has 150 valence electrons. The summed E-state index contributed by atoms with van der Waals surface area (Å²) in [5.74, 6) is 0.238. The Morgan fingerprint density at radius 3 is 2.75 bits per heavy atom. The van der Waals surface area contributed by atoms with E-state index in [1.54, 1.807) is 31.4 Å². The van der Waals surface area contributed by atoms with E-state index in [0.29, 0.717) is 35.2 Å². The van der Waals surface area contributed by atoms with Crippen molar-refractivity contribution in [2.24, 2.45) is 0 Å². The molecule has 6 nitrogen and oxygen atoms in total. The number of hydrogen-bond donors (Lipinski definition) is 1. The lowest BCUT2D eigenvalue weighted by Gasteiger charge is -2.26. The molecule has 2 aromatic rings. The van der Waals surface area contributed by atoms with Crippen molar-refractivity contribution >= 4 is 23.2 Å². The molecule has 0 aromatic heterocycles. The second kappa shape index (κ2) is 10.4. The van der Waals surface area contributed by atoms with E-state index < -0.39 is 0 Å². The molecule has 0 unspecified atom stereocenters. The summed E-state index contributed by atoms with van der Waals surface area (Å²) in [5, 5.41) is 3.34. The number of morpholine rings is 1. The zero-order valence-corrected chi connectivity index (χ0v) is 16.7. The van der Waals surface area contributed by atoms with Crippen LogP contribution in [0.25, 0.3) is 0 Å². The van der Waals surface area contributed by atoms with Crippen LogP contribution in [0.1, 0.15) is 15.9 Å². The maximum absolute atomic E-state index is 12.8. The third kappa shape index (κ3) is 5.69. The zero-order chi connectivity index (χ0) is 19.8. The number of rotatable bonds is 8. The highest BCUT2D eigenvalue weighted by Crippen LogP contribution is 2.33. The molecular formula is C21H25ClN2O4. The van der Waals surface area contributed by atoms with Gasteiger partial charge in [-0.1, -0.05) is 29.8 Å². The SMILES string of the molecule is COCCOc1c(Cl)cccc1NC(=O)c1cccc(CN2CCOCC2)c1. The summed E-state index contributed by atoms with van der Waals surface area (Å²) in [6, 6.07) is 12.9. The third-order valence-electron chi connectivity index (χ3n) is 4.45. The van der Waals surface area contributed by atoms with E-state index in [0.717, 1.165) is 38.4 Å². The molecule has 1 N–H and O–H groups in total. The fourth-order valence-corrected chi connectivity index (χ4v) is 3.23. The van der Waals surface area contributed by atoms with Gasteiger partial charge in [-0.15, -0.1) is 0 Å². The molecule has 0 saturated carbocycles. The van der Waals surface area contributed by atoms with E-state index in [1.165, 1.54) is 0 Å². The number of hydrogen-bond acceptors (Lipinski definition) is 5. The lowest BCUT2D eigenvalue weighted by Crippen LogP contribution is -2.35. The van der Waals surface area contributed by atoms with Crippen LogP contribution in [0.5, 0.6) is 5.75 Å². The number of carbonyl (C=O) groups excluding carboxylic acids is 1. The summed E-state index contributed by atoms with van der Waals surface area (Å²) < 4.78 is 16.1. The molecule has 0 spiro atoms. The largest absolute Gasteiger partial charge is 0.487 e. The summed E-state index contributed by atoms with van der Waals surface area (Å²) in [7, 11) is 1.60. The van der Waals surface area contributed by atoms with Crippen molar-refractivity contribution in [3.05, 3.63) is 58.6 Å². The quantitative estimate of drug-likeness (QED) is 0.683. The molecule has 0 bridgehead atoms. The van der Waals surface area contributed by atoms with Gasteiger partial charge in [0.1, 0.15) is 6.61 Å². The molecule has 1 aliphatic heterocycles. The van der Waals surface area contributed by atoms with Crippen molar-refractivity contribution in [3.8, 4) is 5.75 Å². The van der Waals surface area contributed by atoms with Crippen LogP contribution in [-0.2, 0) is 16.0 Å². The molecule has 2 aromatic carbocycles. The standard InChI is InChI=1S/C21H25ClN2O4/c1-26-12-13-28-20-18(22)6-3-7-19(20)23-21(25)17-5-2-4-16(14-17)15-24-8-10-27-11-9-24/h2-7,14H,8-13,15H2,1H3,(H,23,25). The second-order valence-corrected chi connectivity index (χ2v) is 6.91. The Bertz CT molecular complexity index is 794. The normalized spacial score (nSPS) is 14.6. The van der Waals surface area contributed by atoms with Crippen LogP contribution in [0.2, 0.25) is 5.02 Å². The minimum absolute atomic E-state index is 0.206. The number of anilines is 1. The van der Waals surface area contributed by atoms with Gasteiger partial charge in [0.25, 0.3) is 5.91 Å². The summed E-state index contributed by atoms with van der Waals surface area (Å²) in [4.78, 5) is 15.1. The third-order valence-corrected chi connectivity index (χ3v) is 4.75. The fourth-order valence-electron chi connectivity index (χ4n) is 3.00. The van der Waals surface area contributed by atoms with E-state index in [4.69, 9.17) is 25.8 Å². The minimum Gasteiger partial charge on any atom is -0.487 e. The summed E-state index contributed by atoms with van der Waals surface area (Å²) in [5.41, 5.74) is 2.22. The topological polar surface area (TPSA) is 60.0 Å². The van der Waals surface area contributed by atoms with Crippen molar-refractivity contribution in [2.45, 2.75) is 6.54 Å². The van der Waals surface area contributed by atoms with Gasteiger partial charge in [-0.25, -0.2) is 0 Å². The average Bonchev–Trinajstić information content (AvgIpc) is 2.71. The minimum atomic E-state index is -0.206. The van der Waals surface area contributed by atoms with E-state index in [9.17, 15) is 4.79 Å². The number of carbonyl (C=O) groups is 1. The monoisotopic (exact) mass is 404 g/mol. The first-order valence-electron chi connectivity index (χ1n) is 9.28. The van der Waals surface area contributed by atoms with Gasteiger partial charge in [-0.3, -0.25) is 9.69 Å². The fraction of sp³-hybridized carbons (Fsp3) is 0.381. The van der Waals surface area contributed by atoms with Gasteiger partial charge in [0.05, 0.1) is 30.5 Å². The van der Waals surface area contributed by atoms with E-state index in [2.05, 4.69) is 10.2 Å². The number of ether oxygens (including phenoxy) is 3. The van der Waals surface area contributed by atoms with Gasteiger partial charge in [0.15, 0.2) is 5.75 Å². The molecule has 1 fully saturated rings. The molecule has 0 aliphatic carbocycles. The molecular weight excluding hydrogens is 380 g/mol. The Morgan fingerprint density at radius 2 is 1.96 bits per heavy atom. The Balaban J connectivity index is 1.69. The molecule has 1 saturated heterocycles. The van der Waals surface area contributed by atoms with Crippen molar-refractivity contribution < 1.29 is 19.0 Å². The number of benzene rings is 2. The van der Waals surface area contributed by atoms with Gasteiger partial charge in [-0.05, 0) is 29.8 Å². The van der Waals surface area contributed by atoms with Gasteiger partial charge < -0.3 is 19.5 Å². The Hall–Kier alpha value is -2.12. The average molecular weight is 405 g/mol. The lowest BCUT2D eigenvalue weighted by molar-refractivity contribution is 0.0342. The Labute approximate surface area is 170 Å². The maximum Gasteiger partial charge on any atom is 0.255 e. The first-order valence-corrected chi connectivity index (χ1v) is 9.66. The van der Waals surface area contributed by atoms with Crippen LogP contribution >= 0.6 is 11.6 Å². The molecule has 3 rings (SSSR count). The second-order valence-electron chi connectivity index (χ2n) is 6.50. The van der Waals surface area contributed by atoms with Gasteiger partial charge in [0, 0.05) is 32.3 Å². The van der Waals surface area contributed by atoms with Crippen LogP contribution in [-0.4, -0.2) is 57.4 Å². The van der Waals surface area contributed by atoms with Crippen LogP contribution in [0.15, 0.2) is 42.5 Å². The highest BCUT2D eigenvalue weighted by molar-refractivity contribution is 6.32. The van der Waals surface area contributed by atoms with Crippen LogP contribution < -0.4 is 10.1 Å². The van der Waals surface area contributed by atoms with Crippen molar-refractivity contribution in [1.29, 1.82) is 0 Å². The molecule has 1 aliphatic rings. The predicted molar refractivity (Wildman–Crippen MR) is 109 cm³/mol. The van der Waals surface area contributed by atoms with Crippen LogP contribution in [0.3, 0.4) is 0 Å². The lowest BCUT2D eigenvalue weighted by atomic mass is 10.1. The first-order chi connectivity index (χ1) is 13.7. The number of halogens is 1. The predicted octanol–water partition coefficient (Wildman–Crippen LogP) is 3.45. The number of methoxy groups -OCH3 is 1. The maximum atomic E-state index is 12.8. The summed E-state index contributed by atoms with van der Waals surface area (Å²) in [6.45, 7) is 4.89. The Kier molecular flexibility index (Phi) is 7.68. The highest BCUT2D eigenvalue weighted by Gasteiger charge is 2.15. The van der Waals surface area contributed by atoms with E-state index in [1.807, 2.05) is 18.2 Å². The number of amides is 1. The first kappa shape index (κ1) is 20.6. The highest BCUT2D eigenvalue weighted by atomic mass is 35.5. The van der Waals surface area contributed by atoms with Gasteiger partial charge in [-0.2, -0.15) is 0 Å². The molecule has 7 heteroatoms. The van der Waals surface area contributed by atoms with Gasteiger partial charge in [0.2, 0.25) is 0 Å². The van der Waals surface area contributed by atoms with E-state index in [-0.39, 0.29) is 5.91 Å². The number of nitrogens with one attached hydrogen (secondary N) is 1.